The summed E-state index contributed by atoms with van der Waals surface area (Å²) in [6.07, 6.45) is -0.156. The molecule has 3 amide bonds. The minimum absolute atomic E-state index is 0.0334. The van der Waals surface area contributed by atoms with Crippen molar-refractivity contribution in [3.8, 4) is 0 Å². The molecular weight excluding hydrogens is 296 g/mol. The maximum atomic E-state index is 11.6. The fourth-order valence-electron chi connectivity index (χ4n) is 1.70. The summed E-state index contributed by atoms with van der Waals surface area (Å²) < 4.78 is 0. The van der Waals surface area contributed by atoms with Gasteiger partial charge in [0.05, 0.1) is 0 Å². The van der Waals surface area contributed by atoms with Gasteiger partial charge in [-0.1, -0.05) is 24.6 Å². The highest BCUT2D eigenvalue weighted by Gasteiger charge is 2.14. The van der Waals surface area contributed by atoms with Crippen molar-refractivity contribution in [3.63, 3.8) is 0 Å². The highest BCUT2D eigenvalue weighted by molar-refractivity contribution is 6.31. The number of nitrogens with one attached hydrogen (secondary N) is 2. The maximum absolute atomic E-state index is 11.6. The van der Waals surface area contributed by atoms with Gasteiger partial charge in [0.1, 0.15) is 0 Å². The summed E-state index contributed by atoms with van der Waals surface area (Å²) in [5.74, 6) is -1.85. The summed E-state index contributed by atoms with van der Waals surface area (Å²) in [6.45, 7) is 3.46. The summed E-state index contributed by atoms with van der Waals surface area (Å²) >= 11 is 5.93. The van der Waals surface area contributed by atoms with E-state index in [0.29, 0.717) is 10.7 Å². The number of carbonyl (C=O) groups is 3. The molecule has 114 valence electrons. The molecule has 1 unspecified atom stereocenters. The Morgan fingerprint density at radius 1 is 1.29 bits per heavy atom. The molecule has 0 spiro atoms. The molecule has 0 fully saturated rings. The van der Waals surface area contributed by atoms with Crippen molar-refractivity contribution in [2.24, 2.45) is 5.92 Å². The maximum Gasteiger partial charge on any atom is 0.325 e. The number of carbonyl (C=O) groups excluding carboxylic acids is 2. The van der Waals surface area contributed by atoms with E-state index in [9.17, 15) is 14.4 Å². The molecule has 0 heterocycles. The Morgan fingerprint density at radius 2 is 1.95 bits per heavy atom. The number of benzene rings is 1. The van der Waals surface area contributed by atoms with Gasteiger partial charge in [-0.3, -0.25) is 14.9 Å². The van der Waals surface area contributed by atoms with Crippen LogP contribution in [0.2, 0.25) is 5.02 Å². The first-order chi connectivity index (χ1) is 9.77. The number of aryl methyl sites for hydroxylation is 1. The largest absolute Gasteiger partial charge is 0.481 e. The van der Waals surface area contributed by atoms with Crippen molar-refractivity contribution in [1.82, 2.24) is 5.32 Å². The first kappa shape index (κ1) is 17.0. The SMILES string of the molecule is Cc1ccc(NC(=O)NC(=O)CC(C)CC(=O)O)cc1Cl. The van der Waals surface area contributed by atoms with E-state index in [2.05, 4.69) is 10.6 Å². The van der Waals surface area contributed by atoms with Gasteiger partial charge in [0.15, 0.2) is 0 Å². The second-order valence-corrected chi connectivity index (χ2v) is 5.28. The number of halogens is 1. The number of hydrogen-bond donors (Lipinski definition) is 3. The van der Waals surface area contributed by atoms with Gasteiger partial charge in [0.25, 0.3) is 0 Å². The predicted octanol–water partition coefficient (Wildman–Crippen LogP) is 2.80. The molecular formula is C14H17ClN2O4. The Kier molecular flexibility index (Phi) is 6.17. The van der Waals surface area contributed by atoms with E-state index in [1.807, 2.05) is 6.92 Å². The van der Waals surface area contributed by atoms with Crippen LogP contribution in [0.25, 0.3) is 0 Å². The van der Waals surface area contributed by atoms with Crippen LogP contribution in [-0.4, -0.2) is 23.0 Å². The van der Waals surface area contributed by atoms with Gasteiger partial charge in [-0.05, 0) is 30.5 Å². The van der Waals surface area contributed by atoms with Crippen LogP contribution < -0.4 is 10.6 Å². The number of hydrogen-bond acceptors (Lipinski definition) is 3. The summed E-state index contributed by atoms with van der Waals surface area (Å²) in [6, 6.07) is 4.31. The lowest BCUT2D eigenvalue weighted by molar-refractivity contribution is -0.138. The molecule has 0 bridgehead atoms. The van der Waals surface area contributed by atoms with Crippen LogP contribution >= 0.6 is 11.6 Å². The fraction of sp³-hybridized carbons (Fsp3) is 0.357. The highest BCUT2D eigenvalue weighted by atomic mass is 35.5. The Hall–Kier alpha value is -2.08. The van der Waals surface area contributed by atoms with Gasteiger partial charge in [-0.2, -0.15) is 0 Å². The molecule has 0 aromatic heterocycles. The number of carboxylic acids is 1. The first-order valence-corrected chi connectivity index (χ1v) is 6.74. The Balaban J connectivity index is 2.47. The topological polar surface area (TPSA) is 95.5 Å². The molecule has 6 nitrogen and oxygen atoms in total. The molecule has 0 saturated heterocycles. The van der Waals surface area contributed by atoms with Gasteiger partial charge < -0.3 is 10.4 Å². The van der Waals surface area contributed by atoms with Crippen molar-refractivity contribution < 1.29 is 19.5 Å². The van der Waals surface area contributed by atoms with E-state index in [4.69, 9.17) is 16.7 Å². The van der Waals surface area contributed by atoms with Crippen molar-refractivity contribution >= 4 is 35.2 Å². The minimum Gasteiger partial charge on any atom is -0.481 e. The van der Waals surface area contributed by atoms with Crippen molar-refractivity contribution in [2.75, 3.05) is 5.32 Å². The molecule has 1 aromatic rings. The molecule has 0 aliphatic heterocycles. The number of urea groups is 1. The Morgan fingerprint density at radius 3 is 2.52 bits per heavy atom. The van der Waals surface area contributed by atoms with E-state index >= 15 is 0 Å². The lowest BCUT2D eigenvalue weighted by atomic mass is 10.0. The van der Waals surface area contributed by atoms with Crippen molar-refractivity contribution in [2.45, 2.75) is 26.7 Å². The predicted molar refractivity (Wildman–Crippen MR) is 79.4 cm³/mol. The number of anilines is 1. The quantitative estimate of drug-likeness (QED) is 0.779. The van der Waals surface area contributed by atoms with Crippen LogP contribution in [0.3, 0.4) is 0 Å². The van der Waals surface area contributed by atoms with Gasteiger partial charge in [-0.25, -0.2) is 4.79 Å². The van der Waals surface area contributed by atoms with Gasteiger partial charge >= 0.3 is 12.0 Å². The monoisotopic (exact) mass is 312 g/mol. The van der Waals surface area contributed by atoms with Crippen LogP contribution in [0, 0.1) is 12.8 Å². The van der Waals surface area contributed by atoms with Crippen LogP contribution in [0.1, 0.15) is 25.3 Å². The molecule has 0 aliphatic carbocycles. The molecule has 0 aliphatic rings. The minimum atomic E-state index is -0.978. The standard InChI is InChI=1S/C14H17ClN2O4/c1-8(6-13(19)20)5-12(18)17-14(21)16-10-4-3-9(2)11(15)7-10/h3-4,7-8H,5-6H2,1-2H3,(H,19,20)(H2,16,17,18,21). The second-order valence-electron chi connectivity index (χ2n) is 4.87. The number of aliphatic carboxylic acids is 1. The normalized spacial score (nSPS) is 11.6. The summed E-state index contributed by atoms with van der Waals surface area (Å²) in [5.41, 5.74) is 1.34. The molecule has 1 aromatic carbocycles. The number of imide groups is 1. The Labute approximate surface area is 127 Å². The van der Waals surface area contributed by atoms with Crippen molar-refractivity contribution in [1.29, 1.82) is 0 Å². The zero-order valence-corrected chi connectivity index (χ0v) is 12.5. The Bertz CT molecular complexity index is 560. The smallest absolute Gasteiger partial charge is 0.325 e. The first-order valence-electron chi connectivity index (χ1n) is 6.36. The third-order valence-electron chi connectivity index (χ3n) is 2.74. The molecule has 1 atom stereocenters. The van der Waals surface area contributed by atoms with Crippen molar-refractivity contribution in [3.05, 3.63) is 28.8 Å². The second kappa shape index (κ2) is 7.64. The van der Waals surface area contributed by atoms with E-state index in [0.717, 1.165) is 5.56 Å². The highest BCUT2D eigenvalue weighted by Crippen LogP contribution is 2.19. The van der Waals surface area contributed by atoms with E-state index in [1.54, 1.807) is 25.1 Å². The summed E-state index contributed by atoms with van der Waals surface area (Å²) in [5, 5.41) is 13.7. The van der Waals surface area contributed by atoms with Gasteiger partial charge in [0, 0.05) is 23.6 Å². The molecule has 0 radical (unpaired) electrons. The zero-order chi connectivity index (χ0) is 16.0. The third kappa shape index (κ3) is 6.27. The van der Waals surface area contributed by atoms with Crippen LogP contribution in [0.4, 0.5) is 10.5 Å². The van der Waals surface area contributed by atoms with Crippen LogP contribution in [0.5, 0.6) is 0 Å². The molecule has 0 saturated carbocycles. The van der Waals surface area contributed by atoms with E-state index < -0.39 is 17.9 Å². The van der Waals surface area contributed by atoms with Crippen LogP contribution in [0.15, 0.2) is 18.2 Å². The lowest BCUT2D eigenvalue weighted by Crippen LogP contribution is -2.35. The molecule has 21 heavy (non-hydrogen) atoms. The number of amides is 3. The fourth-order valence-corrected chi connectivity index (χ4v) is 1.88. The van der Waals surface area contributed by atoms with Gasteiger partial charge in [-0.15, -0.1) is 0 Å². The van der Waals surface area contributed by atoms with E-state index in [1.165, 1.54) is 0 Å². The van der Waals surface area contributed by atoms with Gasteiger partial charge in [0.2, 0.25) is 5.91 Å². The number of rotatable bonds is 5. The molecule has 1 rings (SSSR count). The molecule has 3 N–H and O–H groups in total. The third-order valence-corrected chi connectivity index (χ3v) is 3.15. The average Bonchev–Trinajstić information content (AvgIpc) is 2.32. The van der Waals surface area contributed by atoms with Crippen LogP contribution in [-0.2, 0) is 9.59 Å². The summed E-state index contributed by atoms with van der Waals surface area (Å²) in [7, 11) is 0. The number of carboxylic acid groups (broad SMARTS) is 1. The average molecular weight is 313 g/mol. The van der Waals surface area contributed by atoms with E-state index in [-0.39, 0.29) is 18.8 Å². The summed E-state index contributed by atoms with van der Waals surface area (Å²) in [4.78, 5) is 33.7. The molecule has 7 heteroatoms. The zero-order valence-electron chi connectivity index (χ0n) is 11.8. The lowest BCUT2D eigenvalue weighted by Gasteiger charge is -2.10.